The highest BCUT2D eigenvalue weighted by Crippen LogP contribution is 2.32. The van der Waals surface area contributed by atoms with Crippen LogP contribution in [0.2, 0.25) is 0 Å². The molecule has 4 rings (SSSR count). The number of nitrogens with one attached hydrogen (secondary N) is 1. The van der Waals surface area contributed by atoms with Gasteiger partial charge in [0, 0.05) is 24.6 Å². The fourth-order valence-corrected chi connectivity index (χ4v) is 3.67. The molecule has 31 heavy (non-hydrogen) atoms. The van der Waals surface area contributed by atoms with Gasteiger partial charge in [-0.2, -0.15) is 4.98 Å². The lowest BCUT2D eigenvalue weighted by atomic mass is 10.0. The largest absolute Gasteiger partial charge is 0.334 e. The van der Waals surface area contributed by atoms with Crippen LogP contribution in [-0.2, 0) is 9.59 Å². The SMILES string of the molecule is Cc1ccc(N2CC(C(=O)Nc3c(C)cccc3-c3nc(C(C)C)no3)CC2=O)cc1. The lowest BCUT2D eigenvalue weighted by Crippen LogP contribution is -2.28. The van der Waals surface area contributed by atoms with Crippen molar-refractivity contribution < 1.29 is 14.1 Å². The highest BCUT2D eigenvalue weighted by molar-refractivity contribution is 6.04. The number of hydrogen-bond acceptors (Lipinski definition) is 5. The van der Waals surface area contributed by atoms with Gasteiger partial charge in [0.1, 0.15) is 0 Å². The number of carbonyl (C=O) groups excluding carboxylic acids is 2. The van der Waals surface area contributed by atoms with Crippen molar-refractivity contribution in [3.63, 3.8) is 0 Å². The number of aromatic nitrogens is 2. The fourth-order valence-electron chi connectivity index (χ4n) is 3.67. The van der Waals surface area contributed by atoms with E-state index in [2.05, 4.69) is 15.5 Å². The summed E-state index contributed by atoms with van der Waals surface area (Å²) in [5.74, 6) is 0.442. The van der Waals surface area contributed by atoms with Crippen molar-refractivity contribution in [1.82, 2.24) is 10.1 Å². The van der Waals surface area contributed by atoms with Gasteiger partial charge in [-0.15, -0.1) is 0 Å². The first-order valence-corrected chi connectivity index (χ1v) is 10.4. The van der Waals surface area contributed by atoms with Crippen molar-refractivity contribution in [2.45, 2.75) is 40.0 Å². The number of carbonyl (C=O) groups is 2. The Hall–Kier alpha value is -3.48. The maximum atomic E-state index is 13.1. The van der Waals surface area contributed by atoms with Crippen molar-refractivity contribution in [3.8, 4) is 11.5 Å². The first-order chi connectivity index (χ1) is 14.8. The molecule has 1 saturated heterocycles. The molecule has 3 aromatic rings. The summed E-state index contributed by atoms with van der Waals surface area (Å²) in [5.41, 5.74) is 4.13. The zero-order valence-electron chi connectivity index (χ0n) is 18.2. The van der Waals surface area contributed by atoms with Gasteiger partial charge in [-0.3, -0.25) is 9.59 Å². The summed E-state index contributed by atoms with van der Waals surface area (Å²) < 4.78 is 5.44. The topological polar surface area (TPSA) is 88.3 Å². The Kier molecular flexibility index (Phi) is 5.59. The van der Waals surface area contributed by atoms with E-state index in [0.717, 1.165) is 16.8 Å². The minimum atomic E-state index is -0.435. The van der Waals surface area contributed by atoms with Crippen LogP contribution in [0.15, 0.2) is 47.0 Å². The number of para-hydroxylation sites is 1. The van der Waals surface area contributed by atoms with Gasteiger partial charge in [0.05, 0.1) is 17.2 Å². The summed E-state index contributed by atoms with van der Waals surface area (Å²) in [4.78, 5) is 31.8. The average Bonchev–Trinajstić information content (AvgIpc) is 3.37. The molecule has 1 aliphatic rings. The molecule has 0 radical (unpaired) electrons. The first kappa shape index (κ1) is 20.8. The average molecular weight is 418 g/mol. The quantitative estimate of drug-likeness (QED) is 0.660. The van der Waals surface area contributed by atoms with Crippen LogP contribution in [0.1, 0.15) is 43.1 Å². The summed E-state index contributed by atoms with van der Waals surface area (Å²) in [6, 6.07) is 13.4. The third-order valence-electron chi connectivity index (χ3n) is 5.55. The normalized spacial score (nSPS) is 16.2. The van der Waals surface area contributed by atoms with Crippen LogP contribution in [-0.4, -0.2) is 28.5 Å². The Balaban J connectivity index is 1.55. The Labute approximate surface area is 181 Å². The van der Waals surface area contributed by atoms with Crippen LogP contribution in [0.3, 0.4) is 0 Å². The first-order valence-electron chi connectivity index (χ1n) is 10.4. The number of rotatable bonds is 5. The molecule has 1 atom stereocenters. The minimum absolute atomic E-state index is 0.0486. The predicted molar refractivity (Wildman–Crippen MR) is 119 cm³/mol. The molecule has 160 valence electrons. The van der Waals surface area contributed by atoms with Gasteiger partial charge < -0.3 is 14.7 Å². The van der Waals surface area contributed by atoms with E-state index < -0.39 is 5.92 Å². The summed E-state index contributed by atoms with van der Waals surface area (Å²) >= 11 is 0. The summed E-state index contributed by atoms with van der Waals surface area (Å²) in [6.45, 7) is 8.25. The van der Waals surface area contributed by atoms with Crippen molar-refractivity contribution >= 4 is 23.2 Å². The Bertz CT molecular complexity index is 1120. The zero-order chi connectivity index (χ0) is 22.1. The van der Waals surface area contributed by atoms with E-state index in [9.17, 15) is 9.59 Å². The summed E-state index contributed by atoms with van der Waals surface area (Å²) in [6.07, 6.45) is 0.180. The molecular weight excluding hydrogens is 392 g/mol. The molecule has 2 amide bonds. The van der Waals surface area contributed by atoms with Crippen LogP contribution in [0, 0.1) is 19.8 Å². The Morgan fingerprint density at radius 3 is 2.58 bits per heavy atom. The van der Waals surface area contributed by atoms with Gasteiger partial charge >= 0.3 is 0 Å². The molecule has 0 saturated carbocycles. The van der Waals surface area contributed by atoms with E-state index in [1.807, 2.05) is 70.2 Å². The third-order valence-corrected chi connectivity index (χ3v) is 5.55. The number of amides is 2. The van der Waals surface area contributed by atoms with Crippen LogP contribution in [0.4, 0.5) is 11.4 Å². The maximum absolute atomic E-state index is 13.1. The van der Waals surface area contributed by atoms with Crippen molar-refractivity contribution in [3.05, 3.63) is 59.4 Å². The van der Waals surface area contributed by atoms with Crippen molar-refractivity contribution in [1.29, 1.82) is 0 Å². The second-order valence-electron chi connectivity index (χ2n) is 8.34. The number of hydrogen-bond donors (Lipinski definition) is 1. The minimum Gasteiger partial charge on any atom is -0.334 e. The molecule has 0 spiro atoms. The fraction of sp³-hybridized carbons (Fsp3) is 0.333. The molecule has 1 N–H and O–H groups in total. The smallest absolute Gasteiger partial charge is 0.260 e. The molecule has 7 nitrogen and oxygen atoms in total. The second kappa shape index (κ2) is 8.34. The molecule has 1 aliphatic heterocycles. The van der Waals surface area contributed by atoms with E-state index in [4.69, 9.17) is 4.52 Å². The van der Waals surface area contributed by atoms with E-state index in [1.165, 1.54) is 0 Å². The molecule has 1 unspecified atom stereocenters. The number of aryl methyl sites for hydroxylation is 2. The van der Waals surface area contributed by atoms with E-state index in [0.29, 0.717) is 29.5 Å². The summed E-state index contributed by atoms with van der Waals surface area (Å²) in [7, 11) is 0. The van der Waals surface area contributed by atoms with Crippen molar-refractivity contribution in [2.75, 3.05) is 16.8 Å². The van der Waals surface area contributed by atoms with Gasteiger partial charge in [-0.25, -0.2) is 0 Å². The Morgan fingerprint density at radius 2 is 1.90 bits per heavy atom. The number of nitrogens with zero attached hydrogens (tertiary/aromatic N) is 3. The lowest BCUT2D eigenvalue weighted by Gasteiger charge is -2.18. The molecule has 1 aromatic heterocycles. The van der Waals surface area contributed by atoms with E-state index in [-0.39, 0.29) is 24.2 Å². The standard InChI is InChI=1S/C24H26N4O3/c1-14(2)22-26-24(31-27-22)19-7-5-6-16(4)21(19)25-23(30)17-12-20(29)28(13-17)18-10-8-15(3)9-11-18/h5-11,14,17H,12-13H2,1-4H3,(H,25,30). The molecule has 0 aliphatic carbocycles. The number of anilines is 2. The number of benzene rings is 2. The van der Waals surface area contributed by atoms with Gasteiger partial charge in [0.2, 0.25) is 11.8 Å². The molecule has 0 bridgehead atoms. The van der Waals surface area contributed by atoms with Gasteiger partial charge in [0.15, 0.2) is 5.82 Å². The molecule has 1 fully saturated rings. The highest BCUT2D eigenvalue weighted by atomic mass is 16.5. The molecule has 2 heterocycles. The molecular formula is C24H26N4O3. The van der Waals surface area contributed by atoms with E-state index >= 15 is 0 Å². The van der Waals surface area contributed by atoms with Gasteiger partial charge in [0.25, 0.3) is 5.89 Å². The molecule has 7 heteroatoms. The predicted octanol–water partition coefficient (Wildman–Crippen LogP) is 4.47. The van der Waals surface area contributed by atoms with Crippen LogP contribution in [0.5, 0.6) is 0 Å². The maximum Gasteiger partial charge on any atom is 0.260 e. The Morgan fingerprint density at radius 1 is 1.16 bits per heavy atom. The monoisotopic (exact) mass is 418 g/mol. The van der Waals surface area contributed by atoms with Crippen LogP contribution >= 0.6 is 0 Å². The highest BCUT2D eigenvalue weighted by Gasteiger charge is 2.35. The third kappa shape index (κ3) is 4.21. The second-order valence-corrected chi connectivity index (χ2v) is 8.34. The van der Waals surface area contributed by atoms with E-state index in [1.54, 1.807) is 4.90 Å². The zero-order valence-corrected chi connectivity index (χ0v) is 18.2. The summed E-state index contributed by atoms with van der Waals surface area (Å²) in [5, 5.41) is 7.04. The van der Waals surface area contributed by atoms with Gasteiger partial charge in [-0.1, -0.05) is 48.8 Å². The van der Waals surface area contributed by atoms with Crippen molar-refractivity contribution in [2.24, 2.45) is 5.92 Å². The van der Waals surface area contributed by atoms with Gasteiger partial charge in [-0.05, 0) is 37.6 Å². The molecule has 2 aromatic carbocycles. The van der Waals surface area contributed by atoms with Crippen LogP contribution in [0.25, 0.3) is 11.5 Å². The van der Waals surface area contributed by atoms with Crippen LogP contribution < -0.4 is 10.2 Å². The lowest BCUT2D eigenvalue weighted by molar-refractivity contribution is -0.122.